The zero-order chi connectivity index (χ0) is 18.9. The molecule has 0 unspecified atom stereocenters. The number of fused-ring (bicyclic) bond motifs is 1. The molecule has 0 amide bonds. The van der Waals surface area contributed by atoms with E-state index in [-0.39, 0.29) is 0 Å². The van der Waals surface area contributed by atoms with Crippen molar-refractivity contribution < 1.29 is 4.74 Å². The summed E-state index contributed by atoms with van der Waals surface area (Å²) >= 11 is 1.89. The van der Waals surface area contributed by atoms with Gasteiger partial charge in [0.1, 0.15) is 11.4 Å². The monoisotopic (exact) mass is 381 g/mol. The van der Waals surface area contributed by atoms with Crippen LogP contribution < -0.4 is 4.74 Å². The Kier molecular flexibility index (Phi) is 7.02. The Labute approximate surface area is 163 Å². The van der Waals surface area contributed by atoms with Crippen molar-refractivity contribution in [2.75, 3.05) is 18.9 Å². The van der Waals surface area contributed by atoms with Crippen LogP contribution in [0, 0.1) is 0 Å². The molecule has 6 nitrogen and oxygen atoms in total. The smallest absolute Gasteiger partial charge is 0.137 e. The molecular formula is C20H23N5OS. The summed E-state index contributed by atoms with van der Waals surface area (Å²) in [6.45, 7) is 3.20. The molecule has 0 fully saturated rings. The van der Waals surface area contributed by atoms with Crippen LogP contribution >= 0.6 is 11.8 Å². The van der Waals surface area contributed by atoms with Crippen molar-refractivity contribution in [1.82, 2.24) is 9.38 Å². The first-order valence-electron chi connectivity index (χ1n) is 9.16. The van der Waals surface area contributed by atoms with Crippen LogP contribution in [-0.2, 0) is 0 Å². The first-order valence-corrected chi connectivity index (χ1v) is 10.1. The van der Waals surface area contributed by atoms with Crippen LogP contribution in [0.3, 0.4) is 0 Å². The predicted molar refractivity (Wildman–Crippen MR) is 110 cm³/mol. The summed E-state index contributed by atoms with van der Waals surface area (Å²) in [6, 6.07) is 12.1. The van der Waals surface area contributed by atoms with E-state index < -0.39 is 0 Å². The average Bonchev–Trinajstić information content (AvgIpc) is 3.12. The van der Waals surface area contributed by atoms with Gasteiger partial charge in [-0.3, -0.25) is 0 Å². The van der Waals surface area contributed by atoms with Crippen molar-refractivity contribution in [3.8, 4) is 17.0 Å². The summed E-state index contributed by atoms with van der Waals surface area (Å²) < 4.78 is 7.74. The van der Waals surface area contributed by atoms with E-state index in [0.717, 1.165) is 28.4 Å². The van der Waals surface area contributed by atoms with E-state index in [1.165, 1.54) is 17.7 Å². The Morgan fingerprint density at radius 1 is 1.15 bits per heavy atom. The summed E-state index contributed by atoms with van der Waals surface area (Å²) in [7, 11) is 0. The van der Waals surface area contributed by atoms with E-state index in [4.69, 9.17) is 15.3 Å². The molecule has 2 aromatic heterocycles. The second kappa shape index (κ2) is 9.90. The van der Waals surface area contributed by atoms with E-state index in [1.54, 1.807) is 0 Å². The van der Waals surface area contributed by atoms with Crippen LogP contribution in [-0.4, -0.2) is 28.3 Å². The van der Waals surface area contributed by atoms with Gasteiger partial charge in [-0.15, -0.1) is 11.8 Å². The number of benzene rings is 1. The number of thioether (sulfide) groups is 1. The highest BCUT2D eigenvalue weighted by Crippen LogP contribution is 2.25. The molecule has 7 heteroatoms. The maximum Gasteiger partial charge on any atom is 0.137 e. The van der Waals surface area contributed by atoms with Crippen LogP contribution in [0.1, 0.15) is 26.2 Å². The highest BCUT2D eigenvalue weighted by molar-refractivity contribution is 7.99. The number of imidazole rings is 1. The largest absolute Gasteiger partial charge is 0.494 e. The molecule has 0 radical (unpaired) electrons. The molecule has 3 aromatic rings. The molecule has 0 saturated heterocycles. The molecule has 27 heavy (non-hydrogen) atoms. The molecule has 140 valence electrons. The second-order valence-electron chi connectivity index (χ2n) is 6.14. The molecule has 0 spiro atoms. The number of aromatic nitrogens is 2. The number of pyridine rings is 1. The lowest BCUT2D eigenvalue weighted by Gasteiger charge is -2.05. The molecule has 0 N–H and O–H groups in total. The van der Waals surface area contributed by atoms with Crippen molar-refractivity contribution in [3.63, 3.8) is 0 Å². The summed E-state index contributed by atoms with van der Waals surface area (Å²) in [6.07, 6.45) is 7.37. The third-order valence-corrected chi connectivity index (χ3v) is 5.14. The Hall–Kier alpha value is -2.63. The Balaban J connectivity index is 1.64. The molecule has 0 aliphatic rings. The fourth-order valence-electron chi connectivity index (χ4n) is 2.62. The number of rotatable bonds is 10. The number of hydrogen-bond donors (Lipinski definition) is 0. The van der Waals surface area contributed by atoms with Gasteiger partial charge in [0.25, 0.3) is 0 Å². The molecule has 2 heterocycles. The van der Waals surface area contributed by atoms with Gasteiger partial charge in [0.15, 0.2) is 0 Å². The van der Waals surface area contributed by atoms with Crippen molar-refractivity contribution in [2.24, 2.45) is 5.11 Å². The molecule has 0 bridgehead atoms. The number of hydrogen-bond acceptors (Lipinski definition) is 4. The minimum absolute atomic E-state index is 0.453. The molecule has 0 saturated carbocycles. The maximum atomic E-state index is 8.25. The number of ether oxygens (including phenoxy) is 1. The lowest BCUT2D eigenvalue weighted by molar-refractivity contribution is 0.313. The molecule has 0 aliphatic heterocycles. The fourth-order valence-corrected chi connectivity index (χ4v) is 3.64. The average molecular weight is 382 g/mol. The topological polar surface area (TPSA) is 75.3 Å². The summed E-state index contributed by atoms with van der Waals surface area (Å²) in [5.41, 5.74) is 11.2. The lowest BCUT2D eigenvalue weighted by Crippen LogP contribution is -1.98. The Morgan fingerprint density at radius 3 is 2.78 bits per heavy atom. The van der Waals surface area contributed by atoms with Crippen molar-refractivity contribution in [1.29, 1.82) is 0 Å². The Bertz CT molecular complexity index is 916. The number of unbranched alkanes of at least 4 members (excludes halogenated alkanes) is 1. The van der Waals surface area contributed by atoms with Gasteiger partial charge in [0.2, 0.25) is 0 Å². The maximum absolute atomic E-state index is 8.25. The Morgan fingerprint density at radius 2 is 2.00 bits per heavy atom. The zero-order valence-corrected chi connectivity index (χ0v) is 16.2. The van der Waals surface area contributed by atoms with Gasteiger partial charge in [-0.25, -0.2) is 4.98 Å². The van der Waals surface area contributed by atoms with Crippen LogP contribution in [0.15, 0.2) is 58.8 Å². The second-order valence-corrected chi connectivity index (χ2v) is 7.31. The number of nitrogens with zero attached hydrogens (tertiary/aromatic N) is 5. The summed E-state index contributed by atoms with van der Waals surface area (Å²) in [5, 5.41) is 3.49. The van der Waals surface area contributed by atoms with Gasteiger partial charge in [0.05, 0.1) is 12.3 Å². The van der Waals surface area contributed by atoms with Crippen LogP contribution in [0.25, 0.3) is 27.3 Å². The third kappa shape index (κ3) is 5.42. The first kappa shape index (κ1) is 19.1. The van der Waals surface area contributed by atoms with Crippen LogP contribution in [0.5, 0.6) is 5.75 Å². The van der Waals surface area contributed by atoms with Gasteiger partial charge in [-0.1, -0.05) is 18.5 Å². The fraction of sp³-hybridized carbons (Fsp3) is 0.350. The summed E-state index contributed by atoms with van der Waals surface area (Å²) in [5.74, 6) is 1.95. The lowest BCUT2D eigenvalue weighted by atomic mass is 10.2. The minimum atomic E-state index is 0.453. The first-order chi connectivity index (χ1) is 13.3. The van der Waals surface area contributed by atoms with Crippen molar-refractivity contribution in [2.45, 2.75) is 31.1 Å². The van der Waals surface area contributed by atoms with E-state index >= 15 is 0 Å². The molecule has 3 rings (SSSR count). The van der Waals surface area contributed by atoms with Crippen molar-refractivity contribution in [3.05, 3.63) is 59.2 Å². The predicted octanol–water partition coefficient (Wildman–Crippen LogP) is 5.97. The SMILES string of the molecule is CCCCSc1ccc2nc(-c3ccc(OCCCN=[N+]=[N-])cc3)cn2c1. The van der Waals surface area contributed by atoms with Gasteiger partial charge >= 0.3 is 0 Å². The number of azide groups is 1. The highest BCUT2D eigenvalue weighted by atomic mass is 32.2. The standard InChI is InChI=1S/C20H23N5OS/c1-2-3-13-27-18-9-10-20-23-19(15-25(20)14-18)16-5-7-17(8-6-16)26-12-4-11-22-24-21/h5-10,14-15H,2-4,11-13H2,1H3. The quantitative estimate of drug-likeness (QED) is 0.143. The van der Waals surface area contributed by atoms with Crippen LogP contribution in [0.2, 0.25) is 0 Å². The minimum Gasteiger partial charge on any atom is -0.494 e. The summed E-state index contributed by atoms with van der Waals surface area (Å²) in [4.78, 5) is 8.71. The highest BCUT2D eigenvalue weighted by Gasteiger charge is 2.06. The van der Waals surface area contributed by atoms with E-state index in [9.17, 15) is 0 Å². The third-order valence-electron chi connectivity index (χ3n) is 4.08. The van der Waals surface area contributed by atoms with E-state index in [2.05, 4.69) is 45.9 Å². The van der Waals surface area contributed by atoms with E-state index in [1.807, 2.05) is 36.0 Å². The normalized spacial score (nSPS) is 10.7. The van der Waals surface area contributed by atoms with E-state index in [0.29, 0.717) is 19.6 Å². The van der Waals surface area contributed by atoms with Crippen molar-refractivity contribution >= 4 is 17.4 Å². The van der Waals surface area contributed by atoms with Gasteiger partial charge in [-0.2, -0.15) is 0 Å². The molecule has 0 aliphatic carbocycles. The van der Waals surface area contributed by atoms with Gasteiger partial charge in [-0.05, 0) is 60.5 Å². The zero-order valence-electron chi connectivity index (χ0n) is 15.4. The molecule has 0 atom stereocenters. The van der Waals surface area contributed by atoms with Gasteiger partial charge in [0, 0.05) is 34.3 Å². The molecule has 1 aromatic carbocycles. The van der Waals surface area contributed by atoms with Crippen LogP contribution in [0.4, 0.5) is 0 Å². The molecular weight excluding hydrogens is 358 g/mol. The van der Waals surface area contributed by atoms with Gasteiger partial charge < -0.3 is 9.14 Å².